The van der Waals surface area contributed by atoms with Crippen LogP contribution in [0.4, 0.5) is 0 Å². The van der Waals surface area contributed by atoms with Crippen molar-refractivity contribution in [1.29, 1.82) is 0 Å². The monoisotopic (exact) mass is 1200 g/mol. The van der Waals surface area contributed by atoms with Gasteiger partial charge >= 0.3 is 11.9 Å². The standard InChI is InChI=1S/C76H145NO8/c1-6-8-10-12-14-16-18-20-22-24-26-28-30-31-32-33-34-35-36-37-38-39-40-41-42-43-45-47-49-51-53-55-57-59-61-63-65-67-74(79)85-72(71-84-76(75(80)81)82-69-68-77(3,4)5)70-83-73(78)66-64-62-60-58-56-54-52-50-48-46-44-29-27-25-23-21-19-17-15-13-11-9-7-2/h18,20,24,26,72,76H,6-17,19,21-23,25,27-71H2,1-5H3/b20-18-,26-24-. The number of esters is 2. The first-order chi connectivity index (χ1) is 41.6. The summed E-state index contributed by atoms with van der Waals surface area (Å²) < 4.78 is 22.8. The highest BCUT2D eigenvalue weighted by Crippen LogP contribution is 2.19. The molecular weight excluding hydrogens is 1050 g/mol. The summed E-state index contributed by atoms with van der Waals surface area (Å²) in [6.45, 7) is 4.82. The van der Waals surface area contributed by atoms with Gasteiger partial charge < -0.3 is 33.3 Å². The zero-order valence-corrected chi connectivity index (χ0v) is 57.5. The van der Waals surface area contributed by atoms with E-state index < -0.39 is 24.3 Å². The van der Waals surface area contributed by atoms with E-state index in [4.69, 9.17) is 18.9 Å². The number of carbonyl (C=O) groups excluding carboxylic acids is 3. The molecule has 0 bridgehead atoms. The van der Waals surface area contributed by atoms with Crippen LogP contribution in [0.3, 0.4) is 0 Å². The summed E-state index contributed by atoms with van der Waals surface area (Å²) >= 11 is 0. The number of unbranched alkanes of at least 4 members (excludes halogenated alkanes) is 52. The van der Waals surface area contributed by atoms with E-state index in [2.05, 4.69) is 38.2 Å². The Morgan fingerprint density at radius 2 is 0.635 bits per heavy atom. The van der Waals surface area contributed by atoms with Crippen molar-refractivity contribution in [3.8, 4) is 0 Å². The zero-order chi connectivity index (χ0) is 61.9. The number of hydrogen-bond acceptors (Lipinski definition) is 8. The Hall–Kier alpha value is -2.23. The predicted octanol–water partition coefficient (Wildman–Crippen LogP) is 22.0. The maximum Gasteiger partial charge on any atom is 0.306 e. The van der Waals surface area contributed by atoms with Gasteiger partial charge in [-0.25, -0.2) is 0 Å². The SMILES string of the molecule is CCCCCCC/C=C\C/C=C\CCCCCCCCCCCCCCCCCCCCCCCCCCCC(=O)OC(COC(=O)CCCCCCCCCCCCCCCCCCCCCCCCC)COC(OCC[N+](C)(C)C)C(=O)[O-]. The van der Waals surface area contributed by atoms with Crippen molar-refractivity contribution in [3.63, 3.8) is 0 Å². The van der Waals surface area contributed by atoms with Crippen LogP contribution < -0.4 is 5.11 Å². The van der Waals surface area contributed by atoms with Crippen LogP contribution >= 0.6 is 0 Å². The maximum absolute atomic E-state index is 12.9. The Labute approximate surface area is 528 Å². The number of ether oxygens (including phenoxy) is 4. The van der Waals surface area contributed by atoms with Crippen LogP contribution in [-0.4, -0.2) is 82.3 Å². The molecule has 0 spiro atoms. The number of aliphatic carboxylic acids is 1. The van der Waals surface area contributed by atoms with Crippen molar-refractivity contribution in [3.05, 3.63) is 24.3 Å². The number of carboxylic acid groups (broad SMARTS) is 1. The topological polar surface area (TPSA) is 111 Å². The van der Waals surface area contributed by atoms with E-state index in [1.165, 1.54) is 315 Å². The fourth-order valence-corrected chi connectivity index (χ4v) is 11.5. The van der Waals surface area contributed by atoms with Crippen molar-refractivity contribution in [1.82, 2.24) is 0 Å². The molecule has 0 aliphatic heterocycles. The van der Waals surface area contributed by atoms with Crippen LogP contribution in [0.5, 0.6) is 0 Å². The summed E-state index contributed by atoms with van der Waals surface area (Å²) in [7, 11) is 5.95. The molecule has 0 N–H and O–H groups in total. The summed E-state index contributed by atoms with van der Waals surface area (Å²) in [5.41, 5.74) is 0. The second kappa shape index (κ2) is 67.7. The average Bonchev–Trinajstić information content (AvgIpc) is 3.48. The van der Waals surface area contributed by atoms with E-state index >= 15 is 0 Å². The number of quaternary nitrogens is 1. The van der Waals surface area contributed by atoms with Gasteiger partial charge in [-0.2, -0.15) is 0 Å². The van der Waals surface area contributed by atoms with Crippen molar-refractivity contribution >= 4 is 17.9 Å². The Bertz CT molecular complexity index is 1440. The molecule has 0 radical (unpaired) electrons. The van der Waals surface area contributed by atoms with Gasteiger partial charge in [0, 0.05) is 12.8 Å². The molecule has 9 nitrogen and oxygen atoms in total. The largest absolute Gasteiger partial charge is 0.545 e. The number of carboxylic acids is 1. The van der Waals surface area contributed by atoms with Gasteiger partial charge in [0.05, 0.1) is 40.3 Å². The van der Waals surface area contributed by atoms with Gasteiger partial charge in [0.1, 0.15) is 13.2 Å². The van der Waals surface area contributed by atoms with Gasteiger partial charge in [-0.05, 0) is 44.9 Å². The number of carbonyl (C=O) groups is 3. The van der Waals surface area contributed by atoms with Crippen LogP contribution in [0.15, 0.2) is 24.3 Å². The summed E-state index contributed by atoms with van der Waals surface area (Å²) in [4.78, 5) is 37.5. The number of likely N-dealkylation sites (N-methyl/N-ethyl adjacent to an activating group) is 1. The highest BCUT2D eigenvalue weighted by molar-refractivity contribution is 5.70. The van der Waals surface area contributed by atoms with Gasteiger partial charge in [0.2, 0.25) is 0 Å². The Morgan fingerprint density at radius 1 is 0.353 bits per heavy atom. The number of allylic oxidation sites excluding steroid dienone is 4. The third-order valence-electron chi connectivity index (χ3n) is 17.2. The molecular formula is C76H145NO8. The molecule has 502 valence electrons. The minimum absolute atomic E-state index is 0.152. The molecule has 0 amide bonds. The normalized spacial score (nSPS) is 12.7. The van der Waals surface area contributed by atoms with E-state index in [0.717, 1.165) is 44.9 Å². The Morgan fingerprint density at radius 3 is 0.929 bits per heavy atom. The highest BCUT2D eigenvalue weighted by Gasteiger charge is 2.22. The van der Waals surface area contributed by atoms with Crippen molar-refractivity contribution in [2.24, 2.45) is 0 Å². The minimum atomic E-state index is -1.62. The highest BCUT2D eigenvalue weighted by atomic mass is 16.7. The molecule has 0 heterocycles. The van der Waals surface area contributed by atoms with E-state index in [0.29, 0.717) is 17.4 Å². The van der Waals surface area contributed by atoms with Crippen LogP contribution in [0.25, 0.3) is 0 Å². The fourth-order valence-electron chi connectivity index (χ4n) is 11.5. The summed E-state index contributed by atoms with van der Waals surface area (Å²) in [6.07, 6.45) is 81.5. The molecule has 0 fully saturated rings. The lowest BCUT2D eigenvalue weighted by Gasteiger charge is -2.26. The second-order valence-electron chi connectivity index (χ2n) is 27.0. The molecule has 0 aromatic carbocycles. The van der Waals surface area contributed by atoms with Gasteiger partial charge in [-0.15, -0.1) is 0 Å². The minimum Gasteiger partial charge on any atom is -0.545 e. The lowest BCUT2D eigenvalue weighted by atomic mass is 10.0. The molecule has 0 aliphatic rings. The molecule has 0 saturated carbocycles. The molecule has 0 aliphatic carbocycles. The first kappa shape index (κ1) is 82.8. The van der Waals surface area contributed by atoms with Crippen molar-refractivity contribution < 1.29 is 42.9 Å². The first-order valence-corrected chi connectivity index (χ1v) is 37.5. The van der Waals surface area contributed by atoms with Crippen LogP contribution in [0, 0.1) is 0 Å². The molecule has 0 rings (SSSR count). The molecule has 0 saturated heterocycles. The first-order valence-electron chi connectivity index (χ1n) is 37.5. The van der Waals surface area contributed by atoms with Crippen LogP contribution in [0.2, 0.25) is 0 Å². The number of nitrogens with zero attached hydrogens (tertiary/aromatic N) is 1. The van der Waals surface area contributed by atoms with Gasteiger partial charge in [-0.3, -0.25) is 9.59 Å². The summed E-state index contributed by atoms with van der Waals surface area (Å²) in [6, 6.07) is 0. The molecule has 9 heteroatoms. The van der Waals surface area contributed by atoms with Gasteiger partial charge in [0.25, 0.3) is 0 Å². The lowest BCUT2D eigenvalue weighted by Crippen LogP contribution is -2.44. The summed E-state index contributed by atoms with van der Waals surface area (Å²) in [5, 5.41) is 11.8. The Balaban J connectivity index is 3.97. The zero-order valence-electron chi connectivity index (χ0n) is 57.5. The number of rotatable bonds is 71. The molecule has 85 heavy (non-hydrogen) atoms. The maximum atomic E-state index is 12.9. The van der Waals surface area contributed by atoms with Gasteiger partial charge in [0.15, 0.2) is 12.4 Å². The van der Waals surface area contributed by atoms with E-state index in [-0.39, 0.29) is 32.2 Å². The van der Waals surface area contributed by atoms with Crippen LogP contribution in [-0.2, 0) is 33.3 Å². The van der Waals surface area contributed by atoms with E-state index in [1.807, 2.05) is 21.1 Å². The molecule has 2 unspecified atom stereocenters. The summed E-state index contributed by atoms with van der Waals surface area (Å²) in [5.74, 6) is -2.25. The van der Waals surface area contributed by atoms with Crippen molar-refractivity contribution in [2.45, 2.75) is 399 Å². The Kier molecular flexibility index (Phi) is 65.9. The average molecular weight is 1200 g/mol. The van der Waals surface area contributed by atoms with E-state index in [1.54, 1.807) is 0 Å². The van der Waals surface area contributed by atoms with Crippen LogP contribution in [0.1, 0.15) is 386 Å². The van der Waals surface area contributed by atoms with Gasteiger partial charge in [-0.1, -0.05) is 353 Å². The third-order valence-corrected chi connectivity index (χ3v) is 17.2. The molecule has 0 aromatic heterocycles. The third kappa shape index (κ3) is 69.1. The molecule has 2 atom stereocenters. The van der Waals surface area contributed by atoms with E-state index in [9.17, 15) is 19.5 Å². The predicted molar refractivity (Wildman–Crippen MR) is 362 cm³/mol. The molecule has 0 aromatic rings. The fraction of sp³-hybridized carbons (Fsp3) is 0.908. The lowest BCUT2D eigenvalue weighted by molar-refractivity contribution is -0.870. The van der Waals surface area contributed by atoms with Crippen molar-refractivity contribution in [2.75, 3.05) is 47.5 Å². The second-order valence-corrected chi connectivity index (χ2v) is 27.0. The number of hydrogen-bond donors (Lipinski definition) is 0. The smallest absolute Gasteiger partial charge is 0.306 e. The quantitative estimate of drug-likeness (QED) is 0.0195.